The summed E-state index contributed by atoms with van der Waals surface area (Å²) in [4.78, 5) is 24.2. The summed E-state index contributed by atoms with van der Waals surface area (Å²) in [5.74, 6) is -1.95. The third kappa shape index (κ3) is 14.5. The van der Waals surface area contributed by atoms with Gasteiger partial charge < -0.3 is 9.84 Å². The Morgan fingerprint density at radius 1 is 0.788 bits per heavy atom. The third-order valence-corrected chi connectivity index (χ3v) is 6.95. The van der Waals surface area contributed by atoms with E-state index in [1.807, 2.05) is 12.2 Å². The first-order chi connectivity index (χ1) is 16.0. The second-order valence-corrected chi connectivity index (χ2v) is 10.6. The predicted octanol–water partition coefficient (Wildman–Crippen LogP) is 8.48. The summed E-state index contributed by atoms with van der Waals surface area (Å²) in [6.07, 6.45) is 25.0. The molecule has 4 heteroatoms. The summed E-state index contributed by atoms with van der Waals surface area (Å²) >= 11 is 0. The van der Waals surface area contributed by atoms with Crippen molar-refractivity contribution in [2.45, 2.75) is 142 Å². The van der Waals surface area contributed by atoms with Crippen molar-refractivity contribution in [2.75, 3.05) is 0 Å². The molecule has 33 heavy (non-hydrogen) atoms. The number of carbonyl (C=O) groups is 2. The molecule has 0 aromatic rings. The zero-order valence-corrected chi connectivity index (χ0v) is 21.9. The van der Waals surface area contributed by atoms with Crippen LogP contribution < -0.4 is 0 Å². The zero-order valence-electron chi connectivity index (χ0n) is 21.9. The van der Waals surface area contributed by atoms with Gasteiger partial charge in [-0.05, 0) is 38.0 Å². The Bertz CT molecular complexity index is 540. The van der Waals surface area contributed by atoms with E-state index in [9.17, 15) is 14.7 Å². The van der Waals surface area contributed by atoms with Crippen molar-refractivity contribution in [1.82, 2.24) is 0 Å². The van der Waals surface area contributed by atoms with E-state index in [1.54, 1.807) is 0 Å². The number of rotatable bonds is 20. The van der Waals surface area contributed by atoms with Crippen LogP contribution in [-0.2, 0) is 14.3 Å². The third-order valence-electron chi connectivity index (χ3n) is 6.95. The molecule has 0 radical (unpaired) electrons. The van der Waals surface area contributed by atoms with Crippen molar-refractivity contribution in [1.29, 1.82) is 0 Å². The number of aliphatic carboxylic acids is 1. The van der Waals surface area contributed by atoms with Gasteiger partial charge in [0, 0.05) is 0 Å². The summed E-state index contributed by atoms with van der Waals surface area (Å²) in [7, 11) is 0. The fourth-order valence-corrected chi connectivity index (χ4v) is 4.92. The molecule has 0 aromatic carbocycles. The van der Waals surface area contributed by atoms with Gasteiger partial charge in [-0.1, -0.05) is 116 Å². The van der Waals surface area contributed by atoms with E-state index in [1.165, 1.54) is 83.5 Å². The van der Waals surface area contributed by atoms with Gasteiger partial charge in [0.05, 0.1) is 11.8 Å². The van der Waals surface area contributed by atoms with Crippen molar-refractivity contribution in [3.63, 3.8) is 0 Å². The minimum atomic E-state index is -0.895. The monoisotopic (exact) mass is 464 g/mol. The molecule has 4 nitrogen and oxygen atoms in total. The smallest absolute Gasteiger partial charge is 0.310 e. The number of allylic oxidation sites excluding steroid dienone is 2. The van der Waals surface area contributed by atoms with Gasteiger partial charge in [-0.15, -0.1) is 0 Å². The second kappa shape index (κ2) is 19.0. The van der Waals surface area contributed by atoms with Crippen LogP contribution in [0.4, 0.5) is 0 Å². The molecule has 0 bridgehead atoms. The van der Waals surface area contributed by atoms with Crippen molar-refractivity contribution in [3.05, 3.63) is 12.2 Å². The zero-order chi connectivity index (χ0) is 24.3. The van der Waals surface area contributed by atoms with Gasteiger partial charge in [0.25, 0.3) is 0 Å². The van der Waals surface area contributed by atoms with Gasteiger partial charge in [-0.25, -0.2) is 0 Å². The number of carboxylic acids is 1. The molecule has 1 rings (SSSR count). The van der Waals surface area contributed by atoms with Crippen LogP contribution in [0.5, 0.6) is 0 Å². The van der Waals surface area contributed by atoms with Gasteiger partial charge in [0.15, 0.2) is 0 Å². The first-order valence-corrected chi connectivity index (χ1v) is 14.0. The molecular weight excluding hydrogens is 412 g/mol. The number of carbonyl (C=O) groups excluding carboxylic acids is 1. The number of unbranched alkanes of at least 4 members (excludes halogenated alkanes) is 13. The molecule has 0 aromatic heterocycles. The molecule has 0 saturated carbocycles. The molecule has 0 heterocycles. The van der Waals surface area contributed by atoms with Crippen LogP contribution in [0.3, 0.4) is 0 Å². The highest BCUT2D eigenvalue weighted by atomic mass is 16.5. The lowest BCUT2D eigenvalue weighted by Crippen LogP contribution is -2.34. The van der Waals surface area contributed by atoms with Crippen molar-refractivity contribution in [3.8, 4) is 0 Å². The van der Waals surface area contributed by atoms with Crippen molar-refractivity contribution < 1.29 is 19.4 Å². The molecule has 3 unspecified atom stereocenters. The summed E-state index contributed by atoms with van der Waals surface area (Å²) in [5.41, 5.74) is 0. The molecular formula is C29H52O4. The first kappa shape index (κ1) is 29.7. The van der Waals surface area contributed by atoms with Crippen molar-refractivity contribution in [2.24, 2.45) is 17.8 Å². The number of carboxylic acid groups (broad SMARTS) is 1. The lowest BCUT2D eigenvalue weighted by molar-refractivity contribution is -0.162. The summed E-state index contributed by atoms with van der Waals surface area (Å²) < 4.78 is 5.86. The summed E-state index contributed by atoms with van der Waals surface area (Å²) in [6.45, 7) is 6.57. The predicted molar refractivity (Wildman–Crippen MR) is 137 cm³/mol. The largest absolute Gasteiger partial charge is 0.481 e. The van der Waals surface area contributed by atoms with Gasteiger partial charge in [0.1, 0.15) is 6.10 Å². The fourth-order valence-electron chi connectivity index (χ4n) is 4.92. The molecule has 1 N–H and O–H groups in total. The van der Waals surface area contributed by atoms with Crippen LogP contribution in [0.15, 0.2) is 12.2 Å². The lowest BCUT2D eigenvalue weighted by Gasteiger charge is -2.27. The second-order valence-electron chi connectivity index (χ2n) is 10.6. The Kier molecular flexibility index (Phi) is 17.1. The molecule has 0 amide bonds. The molecule has 1 aliphatic rings. The van der Waals surface area contributed by atoms with Crippen LogP contribution in [0.25, 0.3) is 0 Å². The highest BCUT2D eigenvalue weighted by molar-refractivity contribution is 5.81. The van der Waals surface area contributed by atoms with Gasteiger partial charge >= 0.3 is 11.9 Å². The van der Waals surface area contributed by atoms with E-state index in [2.05, 4.69) is 20.8 Å². The normalized spacial score (nSPS) is 19.0. The van der Waals surface area contributed by atoms with E-state index >= 15 is 0 Å². The van der Waals surface area contributed by atoms with E-state index in [4.69, 9.17) is 4.74 Å². The highest BCUT2D eigenvalue weighted by Crippen LogP contribution is 2.28. The number of hydrogen-bond donors (Lipinski definition) is 1. The molecule has 1 aliphatic carbocycles. The van der Waals surface area contributed by atoms with Gasteiger partial charge in [-0.3, -0.25) is 9.59 Å². The number of ether oxygens (including phenoxy) is 1. The first-order valence-electron chi connectivity index (χ1n) is 14.0. The van der Waals surface area contributed by atoms with Gasteiger partial charge in [0.2, 0.25) is 0 Å². The summed E-state index contributed by atoms with van der Waals surface area (Å²) in [5, 5.41) is 9.44. The SMILES string of the molecule is CCCCCCCCCCCCCCCCC(CC(C)C)OC(=O)C1CC=CCC1C(=O)O. The maximum Gasteiger partial charge on any atom is 0.310 e. The Morgan fingerprint density at radius 2 is 1.24 bits per heavy atom. The topological polar surface area (TPSA) is 63.6 Å². The van der Waals surface area contributed by atoms with Gasteiger partial charge in [-0.2, -0.15) is 0 Å². The van der Waals surface area contributed by atoms with Crippen molar-refractivity contribution >= 4 is 11.9 Å². The highest BCUT2D eigenvalue weighted by Gasteiger charge is 2.36. The Hall–Kier alpha value is -1.32. The summed E-state index contributed by atoms with van der Waals surface area (Å²) in [6, 6.07) is 0. The fraction of sp³-hybridized carbons (Fsp3) is 0.862. The Balaban J connectivity index is 2.16. The minimum Gasteiger partial charge on any atom is -0.481 e. The average molecular weight is 465 g/mol. The van der Waals surface area contributed by atoms with Crippen LogP contribution in [0.2, 0.25) is 0 Å². The molecule has 0 aliphatic heterocycles. The number of hydrogen-bond acceptors (Lipinski definition) is 3. The van der Waals surface area contributed by atoms with Crippen LogP contribution >= 0.6 is 0 Å². The van der Waals surface area contributed by atoms with Crippen LogP contribution in [0, 0.1) is 17.8 Å². The Labute approximate surface area is 203 Å². The molecule has 0 saturated heterocycles. The maximum absolute atomic E-state index is 12.7. The lowest BCUT2D eigenvalue weighted by atomic mass is 9.83. The molecule has 3 atom stereocenters. The minimum absolute atomic E-state index is 0.0878. The molecule has 0 spiro atoms. The van der Waals surface area contributed by atoms with E-state index in [-0.39, 0.29) is 12.1 Å². The van der Waals surface area contributed by atoms with Crippen LogP contribution in [-0.4, -0.2) is 23.1 Å². The average Bonchev–Trinajstić information content (AvgIpc) is 2.78. The maximum atomic E-state index is 12.7. The van der Waals surface area contributed by atoms with Crippen LogP contribution in [0.1, 0.15) is 136 Å². The molecule has 192 valence electrons. The standard InChI is InChI=1S/C29H52O4/c1-4-5-6-7-8-9-10-11-12-13-14-15-16-17-20-25(23-24(2)3)33-29(32)27-22-19-18-21-26(27)28(30)31/h18-19,24-27H,4-17,20-23H2,1-3H3,(H,30,31). The van der Waals surface area contributed by atoms with E-state index < -0.39 is 17.8 Å². The van der Waals surface area contributed by atoms with E-state index in [0.29, 0.717) is 18.8 Å². The Morgan fingerprint density at radius 3 is 1.70 bits per heavy atom. The number of esters is 1. The van der Waals surface area contributed by atoms with E-state index in [0.717, 1.165) is 19.3 Å². The quantitative estimate of drug-likeness (QED) is 0.111. The molecule has 0 fully saturated rings.